The Morgan fingerprint density at radius 3 is 2.58 bits per heavy atom. The molecule has 4 nitrogen and oxygen atoms in total. The van der Waals surface area contributed by atoms with Crippen molar-refractivity contribution in [3.8, 4) is 0 Å². The molecule has 1 amide bonds. The van der Waals surface area contributed by atoms with Crippen molar-refractivity contribution in [1.29, 1.82) is 0 Å². The first kappa shape index (κ1) is 18.7. The van der Waals surface area contributed by atoms with Crippen molar-refractivity contribution < 1.29 is 9.18 Å². The van der Waals surface area contributed by atoms with Crippen molar-refractivity contribution in [2.24, 2.45) is 0 Å². The van der Waals surface area contributed by atoms with Gasteiger partial charge >= 0.3 is 0 Å². The molecule has 1 saturated heterocycles. The van der Waals surface area contributed by atoms with Crippen LogP contribution in [0.2, 0.25) is 5.02 Å². The second kappa shape index (κ2) is 8.52. The van der Waals surface area contributed by atoms with Gasteiger partial charge in [-0.3, -0.25) is 9.69 Å². The number of carbonyl (C=O) groups is 1. The predicted octanol–water partition coefficient (Wildman–Crippen LogP) is 3.31. The van der Waals surface area contributed by atoms with Gasteiger partial charge in [0.1, 0.15) is 5.82 Å². The lowest BCUT2D eigenvalue weighted by atomic mass is 10.2. The number of carbonyl (C=O) groups excluding carboxylic acids is 1. The SMILES string of the molecule is CC(C(=O)NCc1cccc(F)c1)N1CCN(c2cccc(Cl)c2)CC1. The molecule has 0 bridgehead atoms. The summed E-state index contributed by atoms with van der Waals surface area (Å²) in [6.45, 7) is 5.56. The van der Waals surface area contributed by atoms with Gasteiger partial charge in [-0.05, 0) is 42.8 Å². The van der Waals surface area contributed by atoms with E-state index in [1.165, 1.54) is 12.1 Å². The third-order valence-corrected chi connectivity index (χ3v) is 5.01. The molecule has 1 atom stereocenters. The van der Waals surface area contributed by atoms with E-state index in [1.807, 2.05) is 25.1 Å². The van der Waals surface area contributed by atoms with Crippen LogP contribution in [-0.4, -0.2) is 43.0 Å². The highest BCUT2D eigenvalue weighted by Crippen LogP contribution is 2.21. The first-order chi connectivity index (χ1) is 12.5. The van der Waals surface area contributed by atoms with Crippen LogP contribution < -0.4 is 10.2 Å². The van der Waals surface area contributed by atoms with Crippen LogP contribution in [0.25, 0.3) is 0 Å². The summed E-state index contributed by atoms with van der Waals surface area (Å²) in [6, 6.07) is 13.9. The summed E-state index contributed by atoms with van der Waals surface area (Å²) in [5.74, 6) is -0.326. The Morgan fingerprint density at radius 2 is 1.88 bits per heavy atom. The van der Waals surface area contributed by atoms with E-state index >= 15 is 0 Å². The van der Waals surface area contributed by atoms with Gasteiger partial charge in [0.05, 0.1) is 6.04 Å². The molecule has 1 unspecified atom stereocenters. The van der Waals surface area contributed by atoms with E-state index in [0.717, 1.165) is 42.5 Å². The number of nitrogens with one attached hydrogen (secondary N) is 1. The normalized spacial score (nSPS) is 16.3. The summed E-state index contributed by atoms with van der Waals surface area (Å²) < 4.78 is 13.2. The molecule has 1 heterocycles. The average molecular weight is 376 g/mol. The summed E-state index contributed by atoms with van der Waals surface area (Å²) >= 11 is 6.07. The van der Waals surface area contributed by atoms with Crippen LogP contribution in [0.5, 0.6) is 0 Å². The number of amides is 1. The highest BCUT2D eigenvalue weighted by Gasteiger charge is 2.25. The lowest BCUT2D eigenvalue weighted by Crippen LogP contribution is -2.53. The zero-order valence-electron chi connectivity index (χ0n) is 14.8. The molecule has 2 aromatic carbocycles. The first-order valence-corrected chi connectivity index (χ1v) is 9.17. The van der Waals surface area contributed by atoms with E-state index in [0.29, 0.717) is 6.54 Å². The van der Waals surface area contributed by atoms with Crippen LogP contribution in [0.3, 0.4) is 0 Å². The molecule has 1 N–H and O–H groups in total. The Hall–Kier alpha value is -2.11. The zero-order valence-corrected chi connectivity index (χ0v) is 15.5. The highest BCUT2D eigenvalue weighted by molar-refractivity contribution is 6.30. The van der Waals surface area contributed by atoms with Gasteiger partial charge < -0.3 is 10.2 Å². The van der Waals surface area contributed by atoms with Crippen molar-refractivity contribution >= 4 is 23.2 Å². The standard InChI is InChI=1S/C20H23ClFN3O/c1-15(20(26)23-14-16-4-2-6-18(22)12-16)24-8-10-25(11-9-24)19-7-3-5-17(21)13-19/h2-7,12-13,15H,8-11,14H2,1H3,(H,23,26). The summed E-state index contributed by atoms with van der Waals surface area (Å²) in [5, 5.41) is 3.63. The first-order valence-electron chi connectivity index (χ1n) is 8.79. The van der Waals surface area contributed by atoms with Crippen LogP contribution in [0.15, 0.2) is 48.5 Å². The second-order valence-corrected chi connectivity index (χ2v) is 6.96. The molecule has 0 spiro atoms. The molecular formula is C20H23ClFN3O. The molecule has 0 saturated carbocycles. The smallest absolute Gasteiger partial charge is 0.237 e. The molecular weight excluding hydrogens is 353 g/mol. The predicted molar refractivity (Wildman–Crippen MR) is 103 cm³/mol. The molecule has 138 valence electrons. The van der Waals surface area contributed by atoms with Crippen LogP contribution in [-0.2, 0) is 11.3 Å². The third-order valence-electron chi connectivity index (χ3n) is 4.77. The minimum Gasteiger partial charge on any atom is -0.369 e. The van der Waals surface area contributed by atoms with Gasteiger partial charge in [0.2, 0.25) is 5.91 Å². The van der Waals surface area contributed by atoms with E-state index < -0.39 is 0 Å². The molecule has 3 rings (SSSR count). The van der Waals surface area contributed by atoms with Crippen molar-refractivity contribution in [3.63, 3.8) is 0 Å². The number of piperazine rings is 1. The Balaban J connectivity index is 1.49. The van der Waals surface area contributed by atoms with E-state index in [1.54, 1.807) is 12.1 Å². The minimum atomic E-state index is -0.290. The summed E-state index contributed by atoms with van der Waals surface area (Å²) in [7, 11) is 0. The van der Waals surface area contributed by atoms with E-state index in [9.17, 15) is 9.18 Å². The van der Waals surface area contributed by atoms with Crippen molar-refractivity contribution in [3.05, 3.63) is 64.9 Å². The fourth-order valence-corrected chi connectivity index (χ4v) is 3.37. The molecule has 1 fully saturated rings. The Labute approximate surface area is 158 Å². The molecule has 1 aliphatic rings. The number of rotatable bonds is 5. The second-order valence-electron chi connectivity index (χ2n) is 6.53. The quantitative estimate of drug-likeness (QED) is 0.870. The van der Waals surface area contributed by atoms with Gasteiger partial charge in [0.15, 0.2) is 0 Å². The fourth-order valence-electron chi connectivity index (χ4n) is 3.19. The number of nitrogens with zero attached hydrogens (tertiary/aromatic N) is 2. The molecule has 26 heavy (non-hydrogen) atoms. The van der Waals surface area contributed by atoms with Gasteiger partial charge in [0.25, 0.3) is 0 Å². The molecule has 2 aromatic rings. The number of hydrogen-bond donors (Lipinski definition) is 1. The molecule has 0 aliphatic carbocycles. The van der Waals surface area contributed by atoms with Gasteiger partial charge in [-0.15, -0.1) is 0 Å². The summed E-state index contributed by atoms with van der Waals surface area (Å²) in [5.41, 5.74) is 1.87. The van der Waals surface area contributed by atoms with Crippen LogP contribution in [0.4, 0.5) is 10.1 Å². The van der Waals surface area contributed by atoms with Crippen molar-refractivity contribution in [2.45, 2.75) is 19.5 Å². The molecule has 6 heteroatoms. The Kier molecular flexibility index (Phi) is 6.12. The highest BCUT2D eigenvalue weighted by atomic mass is 35.5. The topological polar surface area (TPSA) is 35.6 Å². The van der Waals surface area contributed by atoms with Gasteiger partial charge in [0, 0.05) is 43.4 Å². The lowest BCUT2D eigenvalue weighted by Gasteiger charge is -2.38. The van der Waals surface area contributed by atoms with E-state index in [-0.39, 0.29) is 17.8 Å². The van der Waals surface area contributed by atoms with Crippen LogP contribution in [0.1, 0.15) is 12.5 Å². The van der Waals surface area contributed by atoms with Crippen molar-refractivity contribution in [2.75, 3.05) is 31.1 Å². The third kappa shape index (κ3) is 4.74. The summed E-state index contributed by atoms with van der Waals surface area (Å²) in [6.07, 6.45) is 0. The maximum Gasteiger partial charge on any atom is 0.237 e. The van der Waals surface area contributed by atoms with Crippen molar-refractivity contribution in [1.82, 2.24) is 10.2 Å². The number of benzene rings is 2. The Morgan fingerprint density at radius 1 is 1.15 bits per heavy atom. The molecule has 0 radical (unpaired) electrons. The maximum absolute atomic E-state index is 13.2. The number of halogens is 2. The number of anilines is 1. The van der Waals surface area contributed by atoms with Gasteiger partial charge in [-0.25, -0.2) is 4.39 Å². The Bertz CT molecular complexity index is 762. The fraction of sp³-hybridized carbons (Fsp3) is 0.350. The number of hydrogen-bond acceptors (Lipinski definition) is 3. The van der Waals surface area contributed by atoms with E-state index in [4.69, 9.17) is 11.6 Å². The molecule has 1 aliphatic heterocycles. The van der Waals surface area contributed by atoms with E-state index in [2.05, 4.69) is 21.2 Å². The summed E-state index contributed by atoms with van der Waals surface area (Å²) in [4.78, 5) is 16.9. The van der Waals surface area contributed by atoms with Crippen LogP contribution in [0, 0.1) is 5.82 Å². The van der Waals surface area contributed by atoms with Gasteiger partial charge in [-0.1, -0.05) is 29.8 Å². The largest absolute Gasteiger partial charge is 0.369 e. The van der Waals surface area contributed by atoms with Crippen LogP contribution >= 0.6 is 11.6 Å². The minimum absolute atomic E-state index is 0.0366. The molecule has 0 aromatic heterocycles. The maximum atomic E-state index is 13.2. The monoisotopic (exact) mass is 375 g/mol. The van der Waals surface area contributed by atoms with Gasteiger partial charge in [-0.2, -0.15) is 0 Å². The average Bonchev–Trinajstić information content (AvgIpc) is 2.66. The zero-order chi connectivity index (χ0) is 18.5. The lowest BCUT2D eigenvalue weighted by molar-refractivity contribution is -0.126.